The maximum atomic E-state index is 11.8. The first-order valence-electron chi connectivity index (χ1n) is 9.66. The van der Waals surface area contributed by atoms with E-state index >= 15 is 0 Å². The van der Waals surface area contributed by atoms with E-state index in [4.69, 9.17) is 15.0 Å². The Bertz CT molecular complexity index is 803. The molecule has 17 heteroatoms. The highest BCUT2D eigenvalue weighted by Crippen LogP contribution is 2.13. The number of carboxylic acids is 2. The largest absolute Gasteiger partial charge is 0.490 e. The van der Waals surface area contributed by atoms with E-state index < -0.39 is 35.2 Å². The Morgan fingerprint density at radius 3 is 2.29 bits per heavy atom. The summed E-state index contributed by atoms with van der Waals surface area (Å²) < 4.78 is 31.7. The van der Waals surface area contributed by atoms with Gasteiger partial charge in [-0.05, 0) is 12.8 Å². The highest BCUT2D eigenvalue weighted by molar-refractivity contribution is 5.84. The molecule has 1 atom stereocenters. The zero-order valence-electron chi connectivity index (χ0n) is 17.7. The van der Waals surface area contributed by atoms with Gasteiger partial charge in [-0.2, -0.15) is 13.2 Å². The molecule has 2 amide bonds. The highest BCUT2D eigenvalue weighted by Gasteiger charge is 2.38. The van der Waals surface area contributed by atoms with Gasteiger partial charge in [-0.15, -0.1) is 10.1 Å². The van der Waals surface area contributed by atoms with Gasteiger partial charge in [0.2, 0.25) is 11.8 Å². The van der Waals surface area contributed by atoms with Gasteiger partial charge in [0.25, 0.3) is 5.09 Å². The molecule has 0 aliphatic heterocycles. The molecule has 1 rings (SSSR count). The predicted octanol–water partition coefficient (Wildman–Crippen LogP) is 0.430. The van der Waals surface area contributed by atoms with Crippen LogP contribution in [0.1, 0.15) is 37.8 Å². The molecule has 0 aromatic carbocycles. The third kappa shape index (κ3) is 15.8. The molecule has 1 heterocycles. The van der Waals surface area contributed by atoms with Crippen molar-refractivity contribution in [3.63, 3.8) is 0 Å². The van der Waals surface area contributed by atoms with E-state index in [2.05, 4.69) is 25.4 Å². The summed E-state index contributed by atoms with van der Waals surface area (Å²) in [6.07, 6.45) is -0.254. The SMILES string of the molecule is O=C(CCCCCO[N+](=O)[O-])NCCC(=O)N[C@@H](Cc1c[nH]cn1)C(=O)O.O=C(O)C(F)(F)F. The Morgan fingerprint density at radius 2 is 1.79 bits per heavy atom. The van der Waals surface area contributed by atoms with Crippen LogP contribution in [0.4, 0.5) is 13.2 Å². The number of carboxylic acid groups (broad SMARTS) is 2. The van der Waals surface area contributed by atoms with E-state index in [1.807, 2.05) is 0 Å². The molecule has 0 saturated carbocycles. The normalized spacial score (nSPS) is 11.4. The minimum absolute atomic E-state index is 0.00217. The standard InChI is InChI=1S/C15H23N5O7.C2HF3O2/c21-13(4-2-1-3-7-27-20(25)26)17-6-5-14(22)19-12(15(23)24)8-11-9-16-10-18-11;3-2(4,5)1(6)7/h9-10,12H,1-8H2,(H,16,18)(H,17,21)(H,19,22)(H,23,24);(H,6,7)/t12-;/m0./s1. The van der Waals surface area contributed by atoms with Crippen molar-refractivity contribution in [1.29, 1.82) is 0 Å². The van der Waals surface area contributed by atoms with Crippen molar-refractivity contribution in [2.24, 2.45) is 0 Å². The summed E-state index contributed by atoms with van der Waals surface area (Å²) in [6, 6.07) is -1.10. The van der Waals surface area contributed by atoms with Crippen LogP contribution in [0.25, 0.3) is 0 Å². The molecule has 1 aromatic rings. The van der Waals surface area contributed by atoms with Crippen LogP contribution in [0.5, 0.6) is 0 Å². The number of alkyl halides is 3. The van der Waals surface area contributed by atoms with Crippen LogP contribution in [0.15, 0.2) is 12.5 Å². The topological polar surface area (TPSA) is 214 Å². The monoisotopic (exact) mass is 499 g/mol. The summed E-state index contributed by atoms with van der Waals surface area (Å²) in [5.74, 6) is -4.66. The first-order chi connectivity index (χ1) is 15.8. The molecule has 0 aliphatic carbocycles. The molecular weight excluding hydrogens is 475 g/mol. The van der Waals surface area contributed by atoms with Gasteiger partial charge < -0.3 is 30.7 Å². The van der Waals surface area contributed by atoms with E-state index in [0.29, 0.717) is 25.0 Å². The molecule has 0 saturated heterocycles. The minimum atomic E-state index is -5.08. The van der Waals surface area contributed by atoms with Crippen LogP contribution in [0.2, 0.25) is 0 Å². The maximum Gasteiger partial charge on any atom is 0.490 e. The van der Waals surface area contributed by atoms with E-state index in [-0.39, 0.29) is 38.3 Å². The van der Waals surface area contributed by atoms with Crippen molar-refractivity contribution in [1.82, 2.24) is 20.6 Å². The fourth-order valence-electron chi connectivity index (χ4n) is 2.19. The third-order valence-electron chi connectivity index (χ3n) is 3.76. The van der Waals surface area contributed by atoms with Crippen molar-refractivity contribution in [2.45, 2.75) is 50.7 Å². The molecular formula is C17H24F3N5O9. The lowest BCUT2D eigenvalue weighted by Gasteiger charge is -2.13. The number of hydrogen-bond donors (Lipinski definition) is 5. The lowest BCUT2D eigenvalue weighted by Crippen LogP contribution is -2.43. The molecule has 192 valence electrons. The lowest BCUT2D eigenvalue weighted by molar-refractivity contribution is -0.757. The first kappa shape index (κ1) is 30.1. The Morgan fingerprint density at radius 1 is 1.15 bits per heavy atom. The number of hydrogen-bond acceptors (Lipinski definition) is 8. The molecule has 0 bridgehead atoms. The average Bonchev–Trinajstić information content (AvgIpc) is 3.22. The number of H-pyrrole nitrogens is 1. The van der Waals surface area contributed by atoms with Crippen LogP contribution in [-0.4, -0.2) is 74.4 Å². The number of amides is 2. The number of unbranched alkanes of at least 4 members (excludes halogenated alkanes) is 2. The Kier molecular flexibility index (Phi) is 14.0. The van der Waals surface area contributed by atoms with Crippen molar-refractivity contribution in [3.05, 3.63) is 28.3 Å². The van der Waals surface area contributed by atoms with Gasteiger partial charge in [-0.3, -0.25) is 9.59 Å². The number of rotatable bonds is 14. The number of imidazole rings is 1. The van der Waals surface area contributed by atoms with Crippen molar-refractivity contribution < 1.29 is 52.5 Å². The summed E-state index contributed by atoms with van der Waals surface area (Å²) >= 11 is 0. The second kappa shape index (κ2) is 15.8. The van der Waals surface area contributed by atoms with E-state index in [0.717, 1.165) is 0 Å². The van der Waals surface area contributed by atoms with E-state index in [1.54, 1.807) is 6.20 Å². The summed E-state index contributed by atoms with van der Waals surface area (Å²) in [4.78, 5) is 64.3. The summed E-state index contributed by atoms with van der Waals surface area (Å²) in [5.41, 5.74) is 0.514. The summed E-state index contributed by atoms with van der Waals surface area (Å²) in [6.45, 7) is 0.0850. The second-order valence-electron chi connectivity index (χ2n) is 6.49. The van der Waals surface area contributed by atoms with Gasteiger partial charge in [0, 0.05) is 32.0 Å². The summed E-state index contributed by atoms with van der Waals surface area (Å²) in [5, 5.41) is 30.3. The maximum absolute atomic E-state index is 11.8. The number of halogens is 3. The first-order valence-corrected chi connectivity index (χ1v) is 9.66. The second-order valence-corrected chi connectivity index (χ2v) is 6.49. The van der Waals surface area contributed by atoms with Crippen LogP contribution in [0.3, 0.4) is 0 Å². The predicted molar refractivity (Wildman–Crippen MR) is 105 cm³/mol. The van der Waals surface area contributed by atoms with Gasteiger partial charge in [-0.25, -0.2) is 14.6 Å². The molecule has 14 nitrogen and oxygen atoms in total. The number of carbonyl (C=O) groups excluding carboxylic acids is 2. The van der Waals surface area contributed by atoms with Crippen LogP contribution >= 0.6 is 0 Å². The fraction of sp³-hybridized carbons (Fsp3) is 0.588. The molecule has 5 N–H and O–H groups in total. The molecule has 0 spiro atoms. The van der Waals surface area contributed by atoms with Crippen molar-refractivity contribution in [3.8, 4) is 0 Å². The number of carbonyl (C=O) groups is 4. The van der Waals surface area contributed by atoms with Crippen molar-refractivity contribution >= 4 is 23.8 Å². The van der Waals surface area contributed by atoms with Gasteiger partial charge in [-0.1, -0.05) is 6.42 Å². The van der Waals surface area contributed by atoms with Crippen LogP contribution in [0, 0.1) is 10.1 Å². The number of aliphatic carboxylic acids is 2. The minimum Gasteiger partial charge on any atom is -0.480 e. The zero-order chi connectivity index (χ0) is 26.1. The third-order valence-corrected chi connectivity index (χ3v) is 3.76. The Hall–Kier alpha value is -3.92. The molecule has 0 aliphatic rings. The smallest absolute Gasteiger partial charge is 0.480 e. The van der Waals surface area contributed by atoms with E-state index in [9.17, 15) is 37.7 Å². The van der Waals surface area contributed by atoms with Gasteiger partial charge in [0.1, 0.15) is 6.04 Å². The van der Waals surface area contributed by atoms with Crippen molar-refractivity contribution in [2.75, 3.05) is 13.2 Å². The zero-order valence-corrected chi connectivity index (χ0v) is 17.7. The molecule has 34 heavy (non-hydrogen) atoms. The molecule has 0 radical (unpaired) electrons. The van der Waals surface area contributed by atoms with Gasteiger partial charge in [0.05, 0.1) is 18.6 Å². The molecule has 1 aromatic heterocycles. The van der Waals surface area contributed by atoms with Crippen LogP contribution < -0.4 is 10.6 Å². The quantitative estimate of drug-likeness (QED) is 0.135. The molecule has 0 fully saturated rings. The number of nitrogens with one attached hydrogen (secondary N) is 3. The van der Waals surface area contributed by atoms with Gasteiger partial charge >= 0.3 is 18.1 Å². The summed E-state index contributed by atoms with van der Waals surface area (Å²) in [7, 11) is 0. The Balaban J connectivity index is 0.00000135. The van der Waals surface area contributed by atoms with Crippen LogP contribution in [-0.2, 0) is 30.4 Å². The Labute approximate surface area is 190 Å². The molecule has 0 unspecified atom stereocenters. The highest BCUT2D eigenvalue weighted by atomic mass is 19.4. The number of nitrogens with zero attached hydrogens (tertiary/aromatic N) is 2. The fourth-order valence-corrected chi connectivity index (χ4v) is 2.19. The average molecular weight is 499 g/mol. The number of aromatic nitrogens is 2. The lowest BCUT2D eigenvalue weighted by atomic mass is 10.1. The number of aromatic amines is 1. The van der Waals surface area contributed by atoms with Gasteiger partial charge in [0.15, 0.2) is 0 Å². The van der Waals surface area contributed by atoms with E-state index in [1.165, 1.54) is 6.33 Å².